The number of amides is 2. The van der Waals surface area contributed by atoms with Crippen LogP contribution in [0.4, 0.5) is 5.13 Å². The van der Waals surface area contributed by atoms with Crippen LogP contribution in [0.25, 0.3) is 10.2 Å². The average molecular weight is 367 g/mol. The molecule has 1 heterocycles. The molecule has 1 atom stereocenters. The number of hydrogen-bond donors (Lipinski definition) is 2. The Hall–Kier alpha value is -2.73. The fourth-order valence-electron chi connectivity index (χ4n) is 2.96. The molecule has 6 heteroatoms. The molecule has 134 valence electrons. The van der Waals surface area contributed by atoms with Crippen molar-refractivity contribution in [3.05, 3.63) is 59.2 Å². The molecule has 0 aliphatic heterocycles. The summed E-state index contributed by atoms with van der Waals surface area (Å²) in [4.78, 5) is 28.5. The number of nitrogens with one attached hydrogen (secondary N) is 2. The van der Waals surface area contributed by atoms with E-state index in [-0.39, 0.29) is 24.3 Å². The number of aromatic nitrogens is 1. The summed E-state index contributed by atoms with van der Waals surface area (Å²) >= 11 is 1.46. The predicted molar refractivity (Wildman–Crippen MR) is 105 cm³/mol. The number of nitrogens with zero attached hydrogens (tertiary/aromatic N) is 1. The molecule has 0 fully saturated rings. The number of anilines is 1. The summed E-state index contributed by atoms with van der Waals surface area (Å²) in [5, 5.41) is 6.29. The Bertz CT molecular complexity index is 950. The lowest BCUT2D eigenvalue weighted by molar-refractivity contribution is -0.120. The van der Waals surface area contributed by atoms with Crippen LogP contribution < -0.4 is 10.6 Å². The van der Waals surface area contributed by atoms with E-state index in [0.29, 0.717) is 5.13 Å². The Labute approximate surface area is 156 Å². The van der Waals surface area contributed by atoms with Gasteiger partial charge in [-0.05, 0) is 36.6 Å². The van der Waals surface area contributed by atoms with Gasteiger partial charge in [-0.15, -0.1) is 0 Å². The summed E-state index contributed by atoms with van der Waals surface area (Å²) in [6.45, 7) is 5.51. The molecule has 0 radical (unpaired) electrons. The highest BCUT2D eigenvalue weighted by atomic mass is 32.1. The Balaban J connectivity index is 1.76. The SMILES string of the molecule is CC(=O)NC(CC(=O)Nc1nc2c(C)cc(C)cc2s1)c1ccccc1. The molecule has 0 saturated carbocycles. The van der Waals surface area contributed by atoms with Crippen molar-refractivity contribution in [3.63, 3.8) is 0 Å². The molecule has 26 heavy (non-hydrogen) atoms. The van der Waals surface area contributed by atoms with Gasteiger partial charge in [0, 0.05) is 6.92 Å². The van der Waals surface area contributed by atoms with Crippen molar-refractivity contribution in [2.24, 2.45) is 0 Å². The topological polar surface area (TPSA) is 71.1 Å². The van der Waals surface area contributed by atoms with E-state index in [1.165, 1.54) is 23.8 Å². The number of benzene rings is 2. The van der Waals surface area contributed by atoms with Crippen molar-refractivity contribution in [3.8, 4) is 0 Å². The monoisotopic (exact) mass is 367 g/mol. The summed E-state index contributed by atoms with van der Waals surface area (Å²) in [6, 6.07) is 13.3. The molecular weight excluding hydrogens is 346 g/mol. The third kappa shape index (κ3) is 4.26. The van der Waals surface area contributed by atoms with Crippen LogP contribution in [0.15, 0.2) is 42.5 Å². The number of fused-ring (bicyclic) bond motifs is 1. The molecule has 2 amide bonds. The van der Waals surface area contributed by atoms with Gasteiger partial charge in [0.1, 0.15) is 0 Å². The largest absolute Gasteiger partial charge is 0.349 e. The Morgan fingerprint density at radius 3 is 2.58 bits per heavy atom. The van der Waals surface area contributed by atoms with Gasteiger partial charge in [0.25, 0.3) is 0 Å². The van der Waals surface area contributed by atoms with E-state index in [4.69, 9.17) is 0 Å². The first kappa shape index (κ1) is 18.1. The number of aryl methyl sites for hydroxylation is 2. The summed E-state index contributed by atoms with van der Waals surface area (Å²) < 4.78 is 1.05. The highest BCUT2D eigenvalue weighted by molar-refractivity contribution is 7.22. The number of carbonyl (C=O) groups is 2. The van der Waals surface area contributed by atoms with Crippen LogP contribution in [0.3, 0.4) is 0 Å². The Morgan fingerprint density at radius 1 is 1.15 bits per heavy atom. The maximum atomic E-state index is 12.5. The minimum Gasteiger partial charge on any atom is -0.349 e. The summed E-state index contributed by atoms with van der Waals surface area (Å²) in [5.74, 6) is -0.348. The third-order valence-electron chi connectivity index (χ3n) is 4.05. The van der Waals surface area contributed by atoms with Gasteiger partial charge >= 0.3 is 0 Å². The Kier molecular flexibility index (Phi) is 5.32. The third-order valence-corrected chi connectivity index (χ3v) is 4.96. The molecule has 0 aliphatic carbocycles. The Morgan fingerprint density at radius 2 is 1.88 bits per heavy atom. The lowest BCUT2D eigenvalue weighted by Crippen LogP contribution is -2.29. The van der Waals surface area contributed by atoms with E-state index in [1.54, 1.807) is 0 Å². The smallest absolute Gasteiger partial charge is 0.228 e. The first-order valence-corrected chi connectivity index (χ1v) is 9.23. The van der Waals surface area contributed by atoms with Gasteiger partial charge in [-0.3, -0.25) is 9.59 Å². The molecule has 3 aromatic rings. The number of thiazole rings is 1. The summed E-state index contributed by atoms with van der Waals surface area (Å²) in [6.07, 6.45) is 0.150. The van der Waals surface area contributed by atoms with E-state index in [1.807, 2.05) is 44.2 Å². The van der Waals surface area contributed by atoms with E-state index >= 15 is 0 Å². The summed E-state index contributed by atoms with van der Waals surface area (Å²) in [7, 11) is 0. The number of carbonyl (C=O) groups excluding carboxylic acids is 2. The maximum Gasteiger partial charge on any atom is 0.228 e. The molecule has 2 aromatic carbocycles. The lowest BCUT2D eigenvalue weighted by atomic mass is 10.0. The molecule has 2 N–H and O–H groups in total. The zero-order valence-electron chi connectivity index (χ0n) is 15.0. The highest BCUT2D eigenvalue weighted by Gasteiger charge is 2.18. The van der Waals surface area contributed by atoms with Gasteiger partial charge in [0.05, 0.1) is 22.7 Å². The maximum absolute atomic E-state index is 12.5. The molecule has 3 rings (SSSR count). The molecule has 1 aromatic heterocycles. The second-order valence-electron chi connectivity index (χ2n) is 6.36. The molecule has 1 unspecified atom stereocenters. The second kappa shape index (κ2) is 7.66. The molecule has 0 saturated heterocycles. The van der Waals surface area contributed by atoms with Crippen LogP contribution in [0.2, 0.25) is 0 Å². The average Bonchev–Trinajstić information content (AvgIpc) is 2.97. The van der Waals surface area contributed by atoms with E-state index in [2.05, 4.69) is 27.8 Å². The zero-order valence-corrected chi connectivity index (χ0v) is 15.8. The van der Waals surface area contributed by atoms with E-state index < -0.39 is 0 Å². The molecule has 5 nitrogen and oxygen atoms in total. The molecular formula is C20H21N3O2S. The second-order valence-corrected chi connectivity index (χ2v) is 7.39. The van der Waals surface area contributed by atoms with Crippen molar-refractivity contribution in [2.75, 3.05) is 5.32 Å². The molecule has 0 aliphatic rings. The van der Waals surface area contributed by atoms with Crippen molar-refractivity contribution in [1.82, 2.24) is 10.3 Å². The molecule has 0 spiro atoms. The van der Waals surface area contributed by atoms with Gasteiger partial charge in [-0.2, -0.15) is 0 Å². The van der Waals surface area contributed by atoms with Crippen molar-refractivity contribution < 1.29 is 9.59 Å². The van der Waals surface area contributed by atoms with Crippen LogP contribution >= 0.6 is 11.3 Å². The van der Waals surface area contributed by atoms with Crippen LogP contribution in [0.1, 0.15) is 36.1 Å². The van der Waals surface area contributed by atoms with Gasteiger partial charge < -0.3 is 10.6 Å². The fourth-order valence-corrected chi connectivity index (χ4v) is 4.02. The lowest BCUT2D eigenvalue weighted by Gasteiger charge is -2.17. The van der Waals surface area contributed by atoms with Crippen LogP contribution in [0.5, 0.6) is 0 Å². The number of rotatable bonds is 5. The standard InChI is InChI=1S/C20H21N3O2S/c1-12-9-13(2)19-17(10-12)26-20(23-19)22-18(25)11-16(21-14(3)24)15-7-5-4-6-8-15/h4-10,16H,11H2,1-3H3,(H,21,24)(H,22,23,25). The van der Waals surface area contributed by atoms with Crippen LogP contribution in [0, 0.1) is 13.8 Å². The first-order chi connectivity index (χ1) is 12.4. The van der Waals surface area contributed by atoms with Gasteiger partial charge in [-0.1, -0.05) is 47.7 Å². The van der Waals surface area contributed by atoms with Crippen molar-refractivity contribution in [2.45, 2.75) is 33.2 Å². The first-order valence-electron chi connectivity index (χ1n) is 8.42. The van der Waals surface area contributed by atoms with Crippen LogP contribution in [-0.2, 0) is 9.59 Å². The molecule has 0 bridgehead atoms. The van der Waals surface area contributed by atoms with Gasteiger partial charge in [0.2, 0.25) is 11.8 Å². The van der Waals surface area contributed by atoms with Crippen molar-refractivity contribution >= 4 is 38.5 Å². The van der Waals surface area contributed by atoms with Crippen LogP contribution in [-0.4, -0.2) is 16.8 Å². The van der Waals surface area contributed by atoms with Gasteiger partial charge in [-0.25, -0.2) is 4.98 Å². The zero-order chi connectivity index (χ0) is 18.7. The quantitative estimate of drug-likeness (QED) is 0.713. The minimum atomic E-state index is -0.368. The van der Waals surface area contributed by atoms with E-state index in [0.717, 1.165) is 21.3 Å². The fraction of sp³-hybridized carbons (Fsp3) is 0.250. The number of hydrogen-bond acceptors (Lipinski definition) is 4. The van der Waals surface area contributed by atoms with Crippen molar-refractivity contribution in [1.29, 1.82) is 0 Å². The minimum absolute atomic E-state index is 0.150. The highest BCUT2D eigenvalue weighted by Crippen LogP contribution is 2.29. The van der Waals surface area contributed by atoms with Gasteiger partial charge in [0.15, 0.2) is 5.13 Å². The predicted octanol–water partition coefficient (Wildman–Crippen LogP) is 4.12. The summed E-state index contributed by atoms with van der Waals surface area (Å²) in [5.41, 5.74) is 4.08. The van der Waals surface area contributed by atoms with E-state index in [9.17, 15) is 9.59 Å². The normalized spacial score (nSPS) is 12.0.